The highest BCUT2D eigenvalue weighted by Gasteiger charge is 2.13. The van der Waals surface area contributed by atoms with Crippen molar-refractivity contribution in [2.24, 2.45) is 0 Å². The van der Waals surface area contributed by atoms with Crippen molar-refractivity contribution in [2.75, 3.05) is 7.11 Å². The first kappa shape index (κ1) is 14.2. The van der Waals surface area contributed by atoms with Crippen LogP contribution in [0.1, 0.15) is 16.5 Å². The molecule has 0 aliphatic rings. The Morgan fingerprint density at radius 3 is 2.50 bits per heavy atom. The van der Waals surface area contributed by atoms with Crippen molar-refractivity contribution < 1.29 is 4.74 Å². The number of fused-ring (bicyclic) bond motifs is 1. The molecule has 0 radical (unpaired) electrons. The third kappa shape index (κ3) is 2.80. The number of halogens is 2. The van der Waals surface area contributed by atoms with Gasteiger partial charge in [0.05, 0.1) is 15.4 Å². The van der Waals surface area contributed by atoms with Gasteiger partial charge in [-0.05, 0) is 74.1 Å². The topological polar surface area (TPSA) is 9.23 Å². The van der Waals surface area contributed by atoms with E-state index in [0.29, 0.717) is 0 Å². The SMILES string of the molecule is COc1ccc2cc(C(Cl)c3csc(I)c3)ccc2c1. The smallest absolute Gasteiger partial charge is 0.119 e. The van der Waals surface area contributed by atoms with E-state index in [1.165, 1.54) is 8.27 Å². The van der Waals surface area contributed by atoms with Gasteiger partial charge in [0.15, 0.2) is 0 Å². The van der Waals surface area contributed by atoms with Crippen LogP contribution in [0.25, 0.3) is 10.8 Å². The van der Waals surface area contributed by atoms with E-state index in [4.69, 9.17) is 16.3 Å². The molecular formula is C16H12ClIOS. The van der Waals surface area contributed by atoms with Crippen molar-refractivity contribution in [3.8, 4) is 5.75 Å². The quantitative estimate of drug-likeness (QED) is 0.386. The Balaban J connectivity index is 2.00. The molecule has 102 valence electrons. The molecule has 0 N–H and O–H groups in total. The maximum absolute atomic E-state index is 6.58. The maximum atomic E-state index is 6.58. The van der Waals surface area contributed by atoms with Gasteiger partial charge in [-0.1, -0.05) is 18.2 Å². The second-order valence-corrected chi connectivity index (χ2v) is 7.76. The summed E-state index contributed by atoms with van der Waals surface area (Å²) in [6.07, 6.45) is 0. The van der Waals surface area contributed by atoms with Crippen LogP contribution in [0.2, 0.25) is 0 Å². The molecule has 1 aromatic heterocycles. The molecule has 0 amide bonds. The summed E-state index contributed by atoms with van der Waals surface area (Å²) in [7, 11) is 1.68. The van der Waals surface area contributed by atoms with Crippen LogP contribution in [0.4, 0.5) is 0 Å². The molecule has 0 fully saturated rings. The number of rotatable bonds is 3. The van der Waals surface area contributed by atoms with Gasteiger partial charge in [0, 0.05) is 0 Å². The molecule has 0 spiro atoms. The van der Waals surface area contributed by atoms with Gasteiger partial charge in [-0.15, -0.1) is 22.9 Å². The minimum absolute atomic E-state index is 0.0960. The molecule has 3 rings (SSSR count). The van der Waals surface area contributed by atoms with Crippen LogP contribution in [0.5, 0.6) is 5.75 Å². The van der Waals surface area contributed by atoms with Gasteiger partial charge in [0.1, 0.15) is 5.75 Å². The third-order valence-electron chi connectivity index (χ3n) is 3.24. The van der Waals surface area contributed by atoms with Crippen molar-refractivity contribution >= 4 is 56.3 Å². The lowest BCUT2D eigenvalue weighted by Gasteiger charge is -2.10. The summed E-state index contributed by atoms with van der Waals surface area (Å²) in [6.45, 7) is 0. The Kier molecular flexibility index (Phi) is 4.19. The van der Waals surface area contributed by atoms with Gasteiger partial charge >= 0.3 is 0 Å². The van der Waals surface area contributed by atoms with Gasteiger partial charge in [0.2, 0.25) is 0 Å². The lowest BCUT2D eigenvalue weighted by molar-refractivity contribution is 0.415. The Hall–Kier alpha value is -0.780. The van der Waals surface area contributed by atoms with E-state index in [1.807, 2.05) is 12.1 Å². The van der Waals surface area contributed by atoms with E-state index in [-0.39, 0.29) is 5.38 Å². The lowest BCUT2D eigenvalue weighted by atomic mass is 10.0. The third-order valence-corrected chi connectivity index (χ3v) is 5.56. The highest BCUT2D eigenvalue weighted by Crippen LogP contribution is 2.34. The Bertz CT molecular complexity index is 753. The predicted octanol–water partition coefficient (Wildman–Crippen LogP) is 5.84. The van der Waals surface area contributed by atoms with Crippen LogP contribution in [-0.2, 0) is 0 Å². The zero-order valence-electron chi connectivity index (χ0n) is 10.8. The second-order valence-electron chi connectivity index (χ2n) is 4.52. The van der Waals surface area contributed by atoms with E-state index >= 15 is 0 Å². The van der Waals surface area contributed by atoms with Crippen LogP contribution in [-0.4, -0.2) is 7.11 Å². The number of hydrogen-bond donors (Lipinski definition) is 0. The molecule has 4 heteroatoms. The number of methoxy groups -OCH3 is 1. The Labute approximate surface area is 140 Å². The van der Waals surface area contributed by atoms with Crippen LogP contribution in [0, 0.1) is 2.88 Å². The minimum Gasteiger partial charge on any atom is -0.497 e. The molecule has 20 heavy (non-hydrogen) atoms. The summed E-state index contributed by atoms with van der Waals surface area (Å²) in [6, 6.07) is 14.6. The predicted molar refractivity (Wildman–Crippen MR) is 95.2 cm³/mol. The van der Waals surface area contributed by atoms with Crippen molar-refractivity contribution in [3.63, 3.8) is 0 Å². The molecule has 3 aromatic rings. The largest absolute Gasteiger partial charge is 0.497 e. The van der Waals surface area contributed by atoms with E-state index in [2.05, 4.69) is 58.3 Å². The highest BCUT2D eigenvalue weighted by molar-refractivity contribution is 14.1. The first-order valence-corrected chi connectivity index (χ1v) is 8.52. The Morgan fingerprint density at radius 2 is 1.80 bits per heavy atom. The fourth-order valence-corrected chi connectivity index (χ4v) is 3.91. The summed E-state index contributed by atoms with van der Waals surface area (Å²) in [5.41, 5.74) is 2.28. The van der Waals surface area contributed by atoms with Gasteiger partial charge < -0.3 is 4.74 Å². The highest BCUT2D eigenvalue weighted by atomic mass is 127. The van der Waals surface area contributed by atoms with Crippen LogP contribution in [0.3, 0.4) is 0 Å². The Morgan fingerprint density at radius 1 is 1.05 bits per heavy atom. The van der Waals surface area contributed by atoms with Gasteiger partial charge in [-0.25, -0.2) is 0 Å². The normalized spacial score (nSPS) is 12.6. The summed E-state index contributed by atoms with van der Waals surface area (Å²) in [5.74, 6) is 0.875. The first-order valence-electron chi connectivity index (χ1n) is 6.13. The molecule has 1 atom stereocenters. The fraction of sp³-hybridized carbons (Fsp3) is 0.125. The number of hydrogen-bond acceptors (Lipinski definition) is 2. The van der Waals surface area contributed by atoms with E-state index in [1.54, 1.807) is 18.4 Å². The van der Waals surface area contributed by atoms with E-state index in [9.17, 15) is 0 Å². The minimum atomic E-state index is -0.0960. The second kappa shape index (κ2) is 5.92. The molecule has 2 aromatic carbocycles. The zero-order valence-corrected chi connectivity index (χ0v) is 14.5. The summed E-state index contributed by atoms with van der Waals surface area (Å²) in [4.78, 5) is 0. The molecule has 0 aliphatic carbocycles. The number of benzene rings is 2. The van der Waals surface area contributed by atoms with Crippen molar-refractivity contribution in [2.45, 2.75) is 5.38 Å². The standard InChI is InChI=1S/C16H12ClIOS/c1-19-14-5-4-10-6-12(3-2-11(10)7-14)16(17)13-8-15(18)20-9-13/h2-9,16H,1H3. The van der Waals surface area contributed by atoms with Crippen molar-refractivity contribution in [1.82, 2.24) is 0 Å². The molecule has 0 aliphatic heterocycles. The molecular weight excluding hydrogens is 403 g/mol. The summed E-state index contributed by atoms with van der Waals surface area (Å²) < 4.78 is 6.50. The number of alkyl halides is 1. The van der Waals surface area contributed by atoms with Crippen LogP contribution in [0.15, 0.2) is 47.8 Å². The molecule has 1 nitrogen and oxygen atoms in total. The monoisotopic (exact) mass is 414 g/mol. The summed E-state index contributed by atoms with van der Waals surface area (Å²) >= 11 is 10.6. The van der Waals surface area contributed by atoms with Gasteiger partial charge in [-0.2, -0.15) is 0 Å². The summed E-state index contributed by atoms with van der Waals surface area (Å²) in [5, 5.41) is 4.37. The molecule has 0 saturated heterocycles. The molecule has 1 heterocycles. The van der Waals surface area contributed by atoms with Gasteiger partial charge in [0.25, 0.3) is 0 Å². The number of thiophene rings is 1. The van der Waals surface area contributed by atoms with Crippen LogP contribution >= 0.6 is 45.5 Å². The number of ether oxygens (including phenoxy) is 1. The van der Waals surface area contributed by atoms with E-state index < -0.39 is 0 Å². The van der Waals surface area contributed by atoms with Crippen LogP contribution < -0.4 is 4.74 Å². The molecule has 0 saturated carbocycles. The average molecular weight is 415 g/mol. The lowest BCUT2D eigenvalue weighted by Crippen LogP contribution is -1.91. The molecule has 1 unspecified atom stereocenters. The first-order chi connectivity index (χ1) is 9.67. The molecule has 0 bridgehead atoms. The fourth-order valence-electron chi connectivity index (χ4n) is 2.18. The van der Waals surface area contributed by atoms with Crippen molar-refractivity contribution in [3.05, 3.63) is 61.9 Å². The average Bonchev–Trinajstić information content (AvgIpc) is 2.92. The van der Waals surface area contributed by atoms with Crippen molar-refractivity contribution in [1.29, 1.82) is 0 Å². The van der Waals surface area contributed by atoms with Gasteiger partial charge in [-0.3, -0.25) is 0 Å². The zero-order chi connectivity index (χ0) is 14.1. The van der Waals surface area contributed by atoms with E-state index in [0.717, 1.165) is 22.3 Å². The maximum Gasteiger partial charge on any atom is 0.119 e.